The molecule has 0 saturated carbocycles. The van der Waals surface area contributed by atoms with Crippen LogP contribution in [0.4, 0.5) is 11.4 Å². The number of nitrogens with one attached hydrogen (secondary N) is 1. The van der Waals surface area contributed by atoms with Crippen molar-refractivity contribution in [2.75, 3.05) is 36.0 Å². The second kappa shape index (κ2) is 10.9. The van der Waals surface area contributed by atoms with Crippen LogP contribution in [0.15, 0.2) is 73.2 Å². The lowest BCUT2D eigenvalue weighted by molar-refractivity contribution is 0.0751. The number of rotatable bonds is 7. The van der Waals surface area contributed by atoms with E-state index in [4.69, 9.17) is 16.9 Å². The van der Waals surface area contributed by atoms with Crippen molar-refractivity contribution in [1.82, 2.24) is 14.9 Å². The lowest BCUT2D eigenvalue weighted by Gasteiger charge is -2.36. The molecule has 1 aliphatic rings. The van der Waals surface area contributed by atoms with Gasteiger partial charge in [0.25, 0.3) is 5.91 Å². The summed E-state index contributed by atoms with van der Waals surface area (Å²) in [5, 5.41) is 9.09. The highest BCUT2D eigenvalue weighted by Crippen LogP contribution is 2.26. The Bertz CT molecular complexity index is 1340. The van der Waals surface area contributed by atoms with Crippen LogP contribution in [-0.4, -0.2) is 47.0 Å². The van der Waals surface area contributed by atoms with E-state index in [1.54, 1.807) is 18.5 Å². The van der Waals surface area contributed by atoms with E-state index in [0.29, 0.717) is 41.0 Å². The maximum absolute atomic E-state index is 12.7. The molecule has 2 aromatic heterocycles. The highest BCUT2D eigenvalue weighted by atomic mass is 35.5. The predicted octanol–water partition coefficient (Wildman–Crippen LogP) is 5.17. The molecule has 1 saturated heterocycles. The van der Waals surface area contributed by atoms with Crippen LogP contribution in [0.3, 0.4) is 0 Å². The zero-order valence-electron chi connectivity index (χ0n) is 19.6. The zero-order valence-corrected chi connectivity index (χ0v) is 21.2. The minimum absolute atomic E-state index is 0.0548. The van der Waals surface area contributed by atoms with E-state index in [9.17, 15) is 4.79 Å². The molecule has 5 rings (SSSR count). The molecule has 1 fully saturated rings. The molecule has 0 atom stereocenters. The first-order valence-electron chi connectivity index (χ1n) is 11.7. The van der Waals surface area contributed by atoms with Crippen molar-refractivity contribution in [3.05, 3.63) is 99.2 Å². The van der Waals surface area contributed by atoms with E-state index in [2.05, 4.69) is 50.1 Å². The number of H-pyrrole nitrogens is 1. The number of aromatic nitrogens is 2. The summed E-state index contributed by atoms with van der Waals surface area (Å²) < 4.78 is 0.637. The van der Waals surface area contributed by atoms with Crippen molar-refractivity contribution in [2.24, 2.45) is 0 Å². The molecule has 0 spiro atoms. The molecule has 0 unspecified atom stereocenters. The number of anilines is 2. The zero-order chi connectivity index (χ0) is 24.9. The fourth-order valence-corrected chi connectivity index (χ4v) is 5.36. The van der Waals surface area contributed by atoms with Crippen LogP contribution in [-0.2, 0) is 13.1 Å². The number of amides is 1. The van der Waals surface area contributed by atoms with Crippen molar-refractivity contribution in [3.63, 3.8) is 0 Å². The third-order valence-electron chi connectivity index (χ3n) is 6.30. The Hall–Kier alpha value is -3.80. The van der Waals surface area contributed by atoms with Crippen molar-refractivity contribution in [2.45, 2.75) is 13.1 Å². The lowest BCUT2D eigenvalue weighted by Crippen LogP contribution is -2.48. The van der Waals surface area contributed by atoms with E-state index < -0.39 is 0 Å². The monoisotopic (exact) mass is 516 g/mol. The number of carbonyl (C=O) groups excluding carboxylic acids is 1. The third-order valence-corrected chi connectivity index (χ3v) is 7.52. The first-order chi connectivity index (χ1) is 17.6. The summed E-state index contributed by atoms with van der Waals surface area (Å²) >= 11 is 7.33. The van der Waals surface area contributed by atoms with Gasteiger partial charge in [0.1, 0.15) is 0 Å². The van der Waals surface area contributed by atoms with E-state index in [1.165, 1.54) is 11.3 Å². The Kier molecular flexibility index (Phi) is 7.21. The summed E-state index contributed by atoms with van der Waals surface area (Å²) in [5.74, 6) is 0.0548. The summed E-state index contributed by atoms with van der Waals surface area (Å²) in [5.41, 5.74) is 5.06. The van der Waals surface area contributed by atoms with Gasteiger partial charge in [-0.1, -0.05) is 23.7 Å². The fraction of sp³-hybridized carbons (Fsp3) is 0.222. The minimum Gasteiger partial charge on any atom is -0.368 e. The number of hydrogen-bond donors (Lipinski definition) is 1. The number of hydrogen-bond acceptors (Lipinski definition) is 6. The lowest BCUT2D eigenvalue weighted by atomic mass is 10.1. The molecule has 4 aromatic rings. The van der Waals surface area contributed by atoms with Crippen LogP contribution in [0.1, 0.15) is 26.5 Å². The number of carbonyl (C=O) groups is 1. The van der Waals surface area contributed by atoms with Gasteiger partial charge in [-0.2, -0.15) is 5.26 Å². The molecule has 3 heterocycles. The van der Waals surface area contributed by atoms with Gasteiger partial charge in [0.15, 0.2) is 0 Å². The second-order valence-corrected chi connectivity index (χ2v) is 10.4. The molecule has 0 bridgehead atoms. The van der Waals surface area contributed by atoms with Gasteiger partial charge < -0.3 is 19.7 Å². The molecular formula is C27H25ClN6OS. The van der Waals surface area contributed by atoms with Gasteiger partial charge >= 0.3 is 0 Å². The molecule has 1 N–H and O–H groups in total. The Balaban J connectivity index is 1.26. The van der Waals surface area contributed by atoms with Crippen molar-refractivity contribution >= 4 is 40.2 Å². The average molecular weight is 517 g/mol. The molecule has 2 aromatic carbocycles. The average Bonchev–Trinajstić information content (AvgIpc) is 3.60. The van der Waals surface area contributed by atoms with E-state index in [0.717, 1.165) is 35.7 Å². The topological polar surface area (TPSA) is 79.3 Å². The number of nitriles is 1. The van der Waals surface area contributed by atoms with Crippen LogP contribution in [0.25, 0.3) is 0 Å². The van der Waals surface area contributed by atoms with Gasteiger partial charge in [0.05, 0.1) is 39.4 Å². The maximum Gasteiger partial charge on any atom is 0.264 e. The maximum atomic E-state index is 12.7. The summed E-state index contributed by atoms with van der Waals surface area (Å²) in [6.45, 7) is 4.33. The van der Waals surface area contributed by atoms with E-state index in [-0.39, 0.29) is 5.91 Å². The summed E-state index contributed by atoms with van der Waals surface area (Å²) in [6, 6.07) is 22.0. The summed E-state index contributed by atoms with van der Waals surface area (Å²) in [4.78, 5) is 27.3. The first kappa shape index (κ1) is 23.9. The largest absolute Gasteiger partial charge is 0.368 e. The minimum atomic E-state index is 0.0548. The second-order valence-electron chi connectivity index (χ2n) is 8.64. The van der Waals surface area contributed by atoms with Crippen LogP contribution < -0.4 is 9.80 Å². The molecule has 9 heteroatoms. The Morgan fingerprint density at radius 1 is 1.03 bits per heavy atom. The standard InChI is InChI=1S/C27H25ClN6OS/c28-26-10-9-25(36-26)27(35)33-13-11-32(12-14-33)23-5-7-24(8-6-23)34(18-22-16-30-19-31-22)17-21-3-1-20(15-29)2-4-21/h1-10,16,19H,11-14,17-18H2,(H,30,31). The molecule has 36 heavy (non-hydrogen) atoms. The summed E-state index contributed by atoms with van der Waals surface area (Å²) in [7, 11) is 0. The molecule has 0 aliphatic carbocycles. The van der Waals surface area contributed by atoms with Crippen LogP contribution in [0.2, 0.25) is 4.34 Å². The number of imidazole rings is 1. The van der Waals surface area contributed by atoms with Crippen LogP contribution in [0.5, 0.6) is 0 Å². The Labute approximate surface area is 219 Å². The van der Waals surface area contributed by atoms with Gasteiger partial charge in [-0.05, 0) is 54.1 Å². The van der Waals surface area contributed by atoms with Crippen molar-refractivity contribution < 1.29 is 4.79 Å². The van der Waals surface area contributed by atoms with Crippen molar-refractivity contribution in [1.29, 1.82) is 5.26 Å². The molecule has 182 valence electrons. The number of halogens is 1. The normalized spacial score (nSPS) is 13.4. The molecule has 0 radical (unpaired) electrons. The molecule has 1 amide bonds. The SMILES string of the molecule is N#Cc1ccc(CN(Cc2cnc[nH]2)c2ccc(N3CCN(C(=O)c4ccc(Cl)s4)CC3)cc2)cc1. The smallest absolute Gasteiger partial charge is 0.264 e. The van der Waals surface area contributed by atoms with Gasteiger partial charge in [-0.25, -0.2) is 4.98 Å². The quantitative estimate of drug-likeness (QED) is 0.367. The van der Waals surface area contributed by atoms with E-state index in [1.807, 2.05) is 35.4 Å². The number of aromatic amines is 1. The number of piperazine rings is 1. The highest BCUT2D eigenvalue weighted by Gasteiger charge is 2.23. The van der Waals surface area contributed by atoms with Gasteiger partial charge in [-0.15, -0.1) is 11.3 Å². The van der Waals surface area contributed by atoms with Crippen LogP contribution in [0, 0.1) is 11.3 Å². The number of thiophene rings is 1. The number of benzene rings is 2. The highest BCUT2D eigenvalue weighted by molar-refractivity contribution is 7.17. The fourth-order valence-electron chi connectivity index (χ4n) is 4.35. The van der Waals surface area contributed by atoms with Crippen LogP contribution >= 0.6 is 22.9 Å². The Morgan fingerprint density at radius 3 is 2.39 bits per heavy atom. The summed E-state index contributed by atoms with van der Waals surface area (Å²) in [6.07, 6.45) is 3.53. The Morgan fingerprint density at radius 2 is 1.78 bits per heavy atom. The number of nitrogens with zero attached hydrogens (tertiary/aromatic N) is 5. The van der Waals surface area contributed by atoms with E-state index >= 15 is 0 Å². The van der Waals surface area contributed by atoms with Gasteiger partial charge in [0.2, 0.25) is 0 Å². The first-order valence-corrected chi connectivity index (χ1v) is 12.9. The third kappa shape index (κ3) is 5.54. The molecule has 7 nitrogen and oxygen atoms in total. The van der Waals surface area contributed by atoms with Gasteiger partial charge in [-0.3, -0.25) is 4.79 Å². The van der Waals surface area contributed by atoms with Crippen molar-refractivity contribution in [3.8, 4) is 6.07 Å². The predicted molar refractivity (Wildman–Crippen MR) is 144 cm³/mol. The molecule has 1 aliphatic heterocycles. The molecular weight excluding hydrogens is 492 g/mol. The van der Waals surface area contributed by atoms with Gasteiger partial charge in [0, 0.05) is 50.3 Å².